The molecule has 1 aliphatic rings. The molecular weight excluding hydrogens is 322 g/mol. The minimum absolute atomic E-state index is 0.123. The van der Waals surface area contributed by atoms with Crippen LogP contribution < -0.4 is 5.32 Å². The quantitative estimate of drug-likeness (QED) is 0.614. The Morgan fingerprint density at radius 3 is 2.54 bits per heavy atom. The number of nitrogens with zero attached hydrogens (tertiary/aromatic N) is 2. The van der Waals surface area contributed by atoms with Crippen molar-refractivity contribution in [2.75, 3.05) is 5.32 Å². The van der Waals surface area contributed by atoms with Gasteiger partial charge in [-0.15, -0.1) is 0 Å². The van der Waals surface area contributed by atoms with Gasteiger partial charge in [-0.2, -0.15) is 5.26 Å². The van der Waals surface area contributed by atoms with Crippen molar-refractivity contribution in [1.82, 2.24) is 4.57 Å². The van der Waals surface area contributed by atoms with E-state index in [0.29, 0.717) is 11.7 Å². The topological polar surface area (TPSA) is 57.8 Å². The van der Waals surface area contributed by atoms with Gasteiger partial charge in [0.2, 0.25) is 0 Å². The third kappa shape index (κ3) is 3.88. The molecule has 0 unspecified atom stereocenters. The van der Waals surface area contributed by atoms with Crippen molar-refractivity contribution in [3.8, 4) is 6.07 Å². The van der Waals surface area contributed by atoms with E-state index in [-0.39, 0.29) is 11.5 Å². The number of benzene rings is 1. The van der Waals surface area contributed by atoms with Crippen LogP contribution in [-0.2, 0) is 4.79 Å². The second kappa shape index (κ2) is 8.05. The first kappa shape index (κ1) is 18.0. The minimum Gasteiger partial charge on any atom is -0.346 e. The zero-order valence-electron chi connectivity index (χ0n) is 15.5. The summed E-state index contributed by atoms with van der Waals surface area (Å²) in [5.74, 6) is -0.374. The number of anilines is 1. The van der Waals surface area contributed by atoms with Gasteiger partial charge in [0.05, 0.1) is 0 Å². The largest absolute Gasteiger partial charge is 0.346 e. The summed E-state index contributed by atoms with van der Waals surface area (Å²) in [5.41, 5.74) is 4.09. The molecule has 0 atom stereocenters. The van der Waals surface area contributed by atoms with Gasteiger partial charge in [-0.3, -0.25) is 4.79 Å². The van der Waals surface area contributed by atoms with Gasteiger partial charge in [0, 0.05) is 23.1 Å². The highest BCUT2D eigenvalue weighted by Crippen LogP contribution is 2.32. The first-order valence-corrected chi connectivity index (χ1v) is 9.27. The molecule has 0 spiro atoms. The zero-order valence-corrected chi connectivity index (χ0v) is 15.5. The Morgan fingerprint density at radius 2 is 1.88 bits per heavy atom. The van der Waals surface area contributed by atoms with Crippen molar-refractivity contribution in [1.29, 1.82) is 5.26 Å². The molecule has 0 saturated heterocycles. The van der Waals surface area contributed by atoms with Crippen LogP contribution in [0.3, 0.4) is 0 Å². The molecule has 3 rings (SSSR count). The molecule has 1 saturated carbocycles. The van der Waals surface area contributed by atoms with Crippen molar-refractivity contribution in [3.05, 3.63) is 58.9 Å². The maximum Gasteiger partial charge on any atom is 0.266 e. The van der Waals surface area contributed by atoms with Crippen LogP contribution in [0.5, 0.6) is 0 Å². The molecule has 1 amide bonds. The number of nitriles is 1. The van der Waals surface area contributed by atoms with Crippen LogP contribution >= 0.6 is 0 Å². The molecule has 1 aromatic carbocycles. The van der Waals surface area contributed by atoms with Crippen LogP contribution in [0.15, 0.2) is 42.0 Å². The van der Waals surface area contributed by atoms with Gasteiger partial charge in [-0.25, -0.2) is 0 Å². The number of aryl methyl sites for hydroxylation is 1. The van der Waals surface area contributed by atoms with E-state index in [0.717, 1.165) is 11.3 Å². The highest BCUT2D eigenvalue weighted by Gasteiger charge is 2.20. The van der Waals surface area contributed by atoms with Crippen molar-refractivity contribution in [2.24, 2.45) is 0 Å². The van der Waals surface area contributed by atoms with E-state index in [9.17, 15) is 10.1 Å². The number of rotatable bonds is 4. The Balaban J connectivity index is 1.85. The number of nitrogens with one attached hydrogen (secondary N) is 1. The lowest BCUT2D eigenvalue weighted by atomic mass is 9.95. The van der Waals surface area contributed by atoms with Crippen molar-refractivity contribution in [3.63, 3.8) is 0 Å². The molecule has 1 heterocycles. The summed E-state index contributed by atoms with van der Waals surface area (Å²) in [5, 5.41) is 12.2. The summed E-state index contributed by atoms with van der Waals surface area (Å²) in [4.78, 5) is 12.4. The molecule has 2 aromatic rings. The molecular formula is C22H25N3O. The number of hydrogen-bond donors (Lipinski definition) is 1. The predicted octanol–water partition coefficient (Wildman–Crippen LogP) is 5.16. The predicted molar refractivity (Wildman–Crippen MR) is 105 cm³/mol. The SMILES string of the molecule is Cc1cc(C=C(C#N)C(=O)Nc2ccccc2)c(C)n1C1CCCCC1. The second-order valence-electron chi connectivity index (χ2n) is 6.98. The first-order chi connectivity index (χ1) is 12.6. The molecule has 4 nitrogen and oxygen atoms in total. The maximum absolute atomic E-state index is 12.4. The van der Waals surface area contributed by atoms with Crippen molar-refractivity contribution in [2.45, 2.75) is 52.0 Å². The molecule has 1 N–H and O–H groups in total. The lowest BCUT2D eigenvalue weighted by molar-refractivity contribution is -0.112. The van der Waals surface area contributed by atoms with Crippen LogP contribution in [0.2, 0.25) is 0 Å². The molecule has 0 bridgehead atoms. The fourth-order valence-electron chi connectivity index (χ4n) is 3.87. The average Bonchev–Trinajstić information content (AvgIpc) is 2.94. The van der Waals surface area contributed by atoms with E-state index in [4.69, 9.17) is 0 Å². The standard InChI is InChI=1S/C22H25N3O/c1-16-13-18(17(2)25(16)21-11-7-4-8-12-21)14-19(15-23)22(26)24-20-9-5-3-6-10-20/h3,5-6,9-10,13-14,21H,4,7-8,11-12H2,1-2H3,(H,24,26). The first-order valence-electron chi connectivity index (χ1n) is 9.27. The fourth-order valence-corrected chi connectivity index (χ4v) is 3.87. The smallest absolute Gasteiger partial charge is 0.266 e. The Kier molecular flexibility index (Phi) is 5.58. The van der Waals surface area contributed by atoms with Gasteiger partial charge in [0.15, 0.2) is 0 Å². The van der Waals surface area contributed by atoms with Crippen molar-refractivity contribution < 1.29 is 4.79 Å². The highest BCUT2D eigenvalue weighted by atomic mass is 16.1. The van der Waals surface area contributed by atoms with E-state index in [1.165, 1.54) is 37.8 Å². The van der Waals surface area contributed by atoms with Crippen LogP contribution in [-0.4, -0.2) is 10.5 Å². The third-order valence-corrected chi connectivity index (χ3v) is 5.16. The molecule has 134 valence electrons. The van der Waals surface area contributed by atoms with Crippen molar-refractivity contribution >= 4 is 17.7 Å². The Morgan fingerprint density at radius 1 is 1.19 bits per heavy atom. The zero-order chi connectivity index (χ0) is 18.5. The lowest BCUT2D eigenvalue weighted by Gasteiger charge is -2.26. The maximum atomic E-state index is 12.4. The summed E-state index contributed by atoms with van der Waals surface area (Å²) in [6, 6.07) is 13.9. The normalized spacial score (nSPS) is 15.5. The molecule has 1 fully saturated rings. The number of carbonyl (C=O) groups is 1. The second-order valence-corrected chi connectivity index (χ2v) is 6.98. The summed E-state index contributed by atoms with van der Waals surface area (Å²) in [6.07, 6.45) is 7.99. The van der Waals surface area contributed by atoms with Crippen LogP contribution in [0.25, 0.3) is 6.08 Å². The third-order valence-electron chi connectivity index (χ3n) is 5.16. The Hall–Kier alpha value is -2.80. The summed E-state index contributed by atoms with van der Waals surface area (Å²) >= 11 is 0. The molecule has 1 aliphatic carbocycles. The number of para-hydroxylation sites is 1. The van der Waals surface area contributed by atoms with Crippen LogP contribution in [0.1, 0.15) is 55.1 Å². The van der Waals surface area contributed by atoms with Crippen LogP contribution in [0, 0.1) is 25.2 Å². The number of carbonyl (C=O) groups excluding carboxylic acids is 1. The van der Waals surface area contributed by atoms with Crippen LogP contribution in [0.4, 0.5) is 5.69 Å². The van der Waals surface area contributed by atoms with E-state index in [2.05, 4.69) is 29.8 Å². The summed E-state index contributed by atoms with van der Waals surface area (Å²) in [7, 11) is 0. The van der Waals surface area contributed by atoms with E-state index >= 15 is 0 Å². The molecule has 0 radical (unpaired) electrons. The summed E-state index contributed by atoms with van der Waals surface area (Å²) in [6.45, 7) is 4.19. The van der Waals surface area contributed by atoms with Gasteiger partial charge in [-0.05, 0) is 56.5 Å². The highest BCUT2D eigenvalue weighted by molar-refractivity contribution is 6.09. The Bertz CT molecular complexity index is 850. The van der Waals surface area contributed by atoms with E-state index in [1.54, 1.807) is 6.08 Å². The van der Waals surface area contributed by atoms with E-state index in [1.807, 2.05) is 36.4 Å². The molecule has 0 aliphatic heterocycles. The molecule has 4 heteroatoms. The van der Waals surface area contributed by atoms with E-state index < -0.39 is 0 Å². The van der Waals surface area contributed by atoms with Gasteiger partial charge in [0.1, 0.15) is 11.6 Å². The minimum atomic E-state index is -0.374. The van der Waals surface area contributed by atoms with Gasteiger partial charge in [0.25, 0.3) is 5.91 Å². The average molecular weight is 347 g/mol. The van der Waals surface area contributed by atoms with Gasteiger partial charge in [-0.1, -0.05) is 37.5 Å². The lowest BCUT2D eigenvalue weighted by Crippen LogP contribution is -2.15. The number of amides is 1. The van der Waals surface area contributed by atoms with Gasteiger partial charge < -0.3 is 9.88 Å². The number of hydrogen-bond acceptors (Lipinski definition) is 2. The fraction of sp³-hybridized carbons (Fsp3) is 0.364. The van der Waals surface area contributed by atoms with Gasteiger partial charge >= 0.3 is 0 Å². The molecule has 26 heavy (non-hydrogen) atoms. The number of aromatic nitrogens is 1. The Labute approximate surface area is 155 Å². The summed E-state index contributed by atoms with van der Waals surface area (Å²) < 4.78 is 2.38. The monoisotopic (exact) mass is 347 g/mol. The molecule has 1 aromatic heterocycles.